The maximum atomic E-state index is 8.81. The Morgan fingerprint density at radius 1 is 1.44 bits per heavy atom. The van der Waals surface area contributed by atoms with Gasteiger partial charge in [0.1, 0.15) is 0 Å². The fraction of sp³-hybridized carbons (Fsp3) is 0.154. The number of rotatable bonds is 3. The monoisotopic (exact) mass is 340 g/mol. The number of nitriles is 1. The first-order valence-corrected chi connectivity index (χ1v) is 7.35. The standard InChI is InChI=1S/C13H10BrClN2S/c1-8(10-5-13(15)18-7-10)17-12-3-2-9(6-16)4-11(12)14/h2-5,7-8,17H,1H3. The Morgan fingerprint density at radius 2 is 2.22 bits per heavy atom. The van der Waals surface area contributed by atoms with E-state index in [-0.39, 0.29) is 6.04 Å². The second-order valence-electron chi connectivity index (χ2n) is 3.86. The quantitative estimate of drug-likeness (QED) is 0.832. The van der Waals surface area contributed by atoms with Crippen molar-refractivity contribution in [2.45, 2.75) is 13.0 Å². The molecule has 0 fully saturated rings. The molecule has 1 aromatic carbocycles. The molecule has 0 saturated carbocycles. The predicted molar refractivity (Wildman–Crippen MR) is 80.2 cm³/mol. The number of benzene rings is 1. The average Bonchev–Trinajstić information content (AvgIpc) is 2.78. The summed E-state index contributed by atoms with van der Waals surface area (Å²) in [5, 5.41) is 14.2. The Bertz CT molecular complexity index is 603. The molecule has 92 valence electrons. The molecule has 0 saturated heterocycles. The summed E-state index contributed by atoms with van der Waals surface area (Å²) < 4.78 is 1.67. The van der Waals surface area contributed by atoms with Gasteiger partial charge < -0.3 is 5.32 Å². The van der Waals surface area contributed by atoms with E-state index < -0.39 is 0 Å². The van der Waals surface area contributed by atoms with Crippen molar-refractivity contribution in [3.63, 3.8) is 0 Å². The first kappa shape index (κ1) is 13.4. The summed E-state index contributed by atoms with van der Waals surface area (Å²) in [6, 6.07) is 9.72. The molecule has 0 spiro atoms. The highest BCUT2D eigenvalue weighted by Gasteiger charge is 2.09. The van der Waals surface area contributed by atoms with Crippen LogP contribution in [0.2, 0.25) is 4.34 Å². The molecule has 0 amide bonds. The van der Waals surface area contributed by atoms with Crippen LogP contribution in [0.4, 0.5) is 5.69 Å². The van der Waals surface area contributed by atoms with E-state index in [9.17, 15) is 0 Å². The zero-order valence-corrected chi connectivity index (χ0v) is 12.7. The molecule has 0 radical (unpaired) electrons. The van der Waals surface area contributed by atoms with Crippen molar-refractivity contribution in [1.82, 2.24) is 0 Å². The minimum Gasteiger partial charge on any atom is -0.378 e. The minimum absolute atomic E-state index is 0.165. The molecule has 18 heavy (non-hydrogen) atoms. The van der Waals surface area contributed by atoms with Crippen LogP contribution in [0.15, 0.2) is 34.1 Å². The number of hydrogen-bond donors (Lipinski definition) is 1. The molecule has 2 rings (SSSR count). The van der Waals surface area contributed by atoms with Crippen LogP contribution >= 0.6 is 38.9 Å². The van der Waals surface area contributed by atoms with Crippen LogP contribution < -0.4 is 5.32 Å². The largest absolute Gasteiger partial charge is 0.378 e. The van der Waals surface area contributed by atoms with Gasteiger partial charge in [-0.05, 0) is 58.1 Å². The molecule has 1 aromatic heterocycles. The van der Waals surface area contributed by atoms with E-state index in [1.165, 1.54) is 11.3 Å². The van der Waals surface area contributed by atoms with E-state index in [2.05, 4.69) is 34.2 Å². The van der Waals surface area contributed by atoms with Gasteiger partial charge >= 0.3 is 0 Å². The molecule has 0 bridgehead atoms. The van der Waals surface area contributed by atoms with Crippen molar-refractivity contribution < 1.29 is 0 Å². The molecule has 1 atom stereocenters. The highest BCUT2D eigenvalue weighted by Crippen LogP contribution is 2.30. The first-order chi connectivity index (χ1) is 8.60. The summed E-state index contributed by atoms with van der Waals surface area (Å²) >= 11 is 10.9. The van der Waals surface area contributed by atoms with Crippen molar-refractivity contribution in [3.8, 4) is 6.07 Å². The van der Waals surface area contributed by atoms with Crippen LogP contribution in [0.3, 0.4) is 0 Å². The topological polar surface area (TPSA) is 35.8 Å². The van der Waals surface area contributed by atoms with Crippen LogP contribution in [0, 0.1) is 11.3 Å². The van der Waals surface area contributed by atoms with Gasteiger partial charge in [-0.1, -0.05) is 11.6 Å². The van der Waals surface area contributed by atoms with E-state index in [4.69, 9.17) is 16.9 Å². The van der Waals surface area contributed by atoms with Crippen molar-refractivity contribution >= 4 is 44.6 Å². The third-order valence-corrected chi connectivity index (χ3v) is 4.32. The second-order valence-corrected chi connectivity index (χ2v) is 6.25. The summed E-state index contributed by atoms with van der Waals surface area (Å²) in [7, 11) is 0. The van der Waals surface area contributed by atoms with E-state index in [0.29, 0.717) is 5.56 Å². The Hall–Kier alpha value is -1.02. The van der Waals surface area contributed by atoms with E-state index >= 15 is 0 Å². The fourth-order valence-corrected chi connectivity index (χ4v) is 3.05. The van der Waals surface area contributed by atoms with Crippen LogP contribution in [-0.4, -0.2) is 0 Å². The molecule has 0 aliphatic heterocycles. The number of nitrogens with zero attached hydrogens (tertiary/aromatic N) is 1. The Kier molecular flexibility index (Phi) is 4.28. The maximum Gasteiger partial charge on any atom is 0.0992 e. The summed E-state index contributed by atoms with van der Waals surface area (Å²) in [4.78, 5) is 0. The van der Waals surface area contributed by atoms with Gasteiger partial charge in [-0.3, -0.25) is 0 Å². The van der Waals surface area contributed by atoms with Gasteiger partial charge in [0, 0.05) is 16.2 Å². The third kappa shape index (κ3) is 3.05. The number of thiophene rings is 1. The molecule has 2 aromatic rings. The summed E-state index contributed by atoms with van der Waals surface area (Å²) in [5.74, 6) is 0. The van der Waals surface area contributed by atoms with Crippen LogP contribution in [-0.2, 0) is 0 Å². The Morgan fingerprint density at radius 3 is 2.78 bits per heavy atom. The summed E-state index contributed by atoms with van der Waals surface area (Å²) in [6.45, 7) is 2.07. The van der Waals surface area contributed by atoms with Gasteiger partial charge in [0.25, 0.3) is 0 Å². The Labute approximate surface area is 123 Å². The molecular formula is C13H10BrClN2S. The van der Waals surface area contributed by atoms with Gasteiger partial charge in [0.15, 0.2) is 0 Å². The molecule has 1 N–H and O–H groups in total. The van der Waals surface area contributed by atoms with Gasteiger partial charge in [0.2, 0.25) is 0 Å². The Balaban J connectivity index is 2.17. The van der Waals surface area contributed by atoms with Crippen LogP contribution in [0.25, 0.3) is 0 Å². The van der Waals surface area contributed by atoms with Crippen molar-refractivity contribution in [2.75, 3.05) is 5.32 Å². The maximum absolute atomic E-state index is 8.81. The molecule has 1 heterocycles. The van der Waals surface area contributed by atoms with E-state index in [0.717, 1.165) is 20.1 Å². The van der Waals surface area contributed by atoms with E-state index in [1.807, 2.05) is 17.5 Å². The molecule has 5 heteroatoms. The average molecular weight is 342 g/mol. The molecule has 2 nitrogen and oxygen atoms in total. The third-order valence-electron chi connectivity index (χ3n) is 2.56. The minimum atomic E-state index is 0.165. The zero-order chi connectivity index (χ0) is 13.1. The van der Waals surface area contributed by atoms with E-state index in [1.54, 1.807) is 12.1 Å². The van der Waals surface area contributed by atoms with Gasteiger partial charge in [-0.2, -0.15) is 5.26 Å². The van der Waals surface area contributed by atoms with Crippen molar-refractivity contribution in [2.24, 2.45) is 0 Å². The second kappa shape index (κ2) is 5.75. The smallest absolute Gasteiger partial charge is 0.0992 e. The highest BCUT2D eigenvalue weighted by atomic mass is 79.9. The highest BCUT2D eigenvalue weighted by molar-refractivity contribution is 9.10. The van der Waals surface area contributed by atoms with Crippen LogP contribution in [0.5, 0.6) is 0 Å². The number of anilines is 1. The van der Waals surface area contributed by atoms with Crippen molar-refractivity contribution in [3.05, 3.63) is 49.6 Å². The SMILES string of the molecule is CC(Nc1ccc(C#N)cc1Br)c1csc(Cl)c1. The van der Waals surface area contributed by atoms with Gasteiger partial charge in [0.05, 0.1) is 16.0 Å². The molecule has 0 aliphatic carbocycles. The normalized spacial score (nSPS) is 11.9. The first-order valence-electron chi connectivity index (χ1n) is 5.30. The van der Waals surface area contributed by atoms with Gasteiger partial charge in [-0.25, -0.2) is 0 Å². The fourth-order valence-electron chi connectivity index (χ4n) is 1.57. The van der Waals surface area contributed by atoms with Gasteiger partial charge in [-0.15, -0.1) is 11.3 Å². The zero-order valence-electron chi connectivity index (χ0n) is 9.58. The molecule has 0 aliphatic rings. The lowest BCUT2D eigenvalue weighted by Crippen LogP contribution is -2.05. The number of halogens is 2. The lowest BCUT2D eigenvalue weighted by Gasteiger charge is -2.15. The lowest BCUT2D eigenvalue weighted by molar-refractivity contribution is 0.889. The van der Waals surface area contributed by atoms with Crippen LogP contribution in [0.1, 0.15) is 24.1 Å². The molecular weight excluding hydrogens is 332 g/mol. The molecule has 1 unspecified atom stereocenters. The summed E-state index contributed by atoms with van der Waals surface area (Å²) in [6.07, 6.45) is 0. The summed E-state index contributed by atoms with van der Waals surface area (Å²) in [5.41, 5.74) is 2.75. The van der Waals surface area contributed by atoms with Crippen molar-refractivity contribution in [1.29, 1.82) is 5.26 Å². The number of nitrogens with one attached hydrogen (secondary N) is 1. The lowest BCUT2D eigenvalue weighted by atomic mass is 10.1. The number of hydrogen-bond acceptors (Lipinski definition) is 3. The predicted octanol–water partition coefficient (Wildman–Crippen LogP) is 5.21.